The van der Waals surface area contributed by atoms with Crippen LogP contribution in [0.25, 0.3) is 0 Å². The van der Waals surface area contributed by atoms with Crippen molar-refractivity contribution in [2.24, 2.45) is 40.5 Å². The van der Waals surface area contributed by atoms with Gasteiger partial charge in [0.15, 0.2) is 17.0 Å². The molecule has 60 heavy (non-hydrogen) atoms. The maximum atomic E-state index is 15.4. The number of Topliss-reactive ketones (excluding diaryl/α,β-unsaturated/α-hetero) is 1. The molecule has 8 amide bonds. The summed E-state index contributed by atoms with van der Waals surface area (Å²) in [7, 11) is 0. The smallest absolute Gasteiger partial charge is 0.261 e. The molecule has 6 atom stereocenters. The van der Waals surface area contributed by atoms with E-state index in [0.29, 0.717) is 11.3 Å². The topological polar surface area (TPSA) is 347 Å². The number of rotatable bonds is 25. The monoisotopic (exact) mass is 844 g/mol. The number of benzene rings is 1. The van der Waals surface area contributed by atoms with Crippen molar-refractivity contribution in [3.63, 3.8) is 0 Å². The van der Waals surface area contributed by atoms with Crippen molar-refractivity contribution in [1.29, 1.82) is 0 Å². The van der Waals surface area contributed by atoms with Crippen molar-refractivity contribution in [3.05, 3.63) is 35.9 Å². The standard InChI is InChI=1S/C40H64N10O10/c1-6-12-31(54)50(36(58)27(16-17-29(42)52)47-35(57)26(41)22-51)28(21-30(43)53)33(55)39(18-11-19-46-39)38(60)49(20-10-15-25-13-8-7-9-14-25)40(45,24(4)5)37(59)48-32(23(2)3)34(44)56/h7-9,13-14,23-24,26-28,32,46,51H,6,10-12,15-22,41,45H2,1-5H3,(H2,42,52)(H2,43,53)(H2,44,56)(H,47,57)(H,48,59)/t26-,27-,28-,32-,39+,40-/m0/s1. The van der Waals surface area contributed by atoms with E-state index in [-0.39, 0.29) is 45.2 Å². The van der Waals surface area contributed by atoms with Crippen LogP contribution in [0.3, 0.4) is 0 Å². The number of amides is 8. The molecule has 1 saturated heterocycles. The van der Waals surface area contributed by atoms with Gasteiger partial charge in [-0.3, -0.25) is 53.4 Å². The third kappa shape index (κ3) is 12.6. The molecule has 0 unspecified atom stereocenters. The van der Waals surface area contributed by atoms with Gasteiger partial charge in [0.25, 0.3) is 17.7 Å². The second-order valence-electron chi connectivity index (χ2n) is 15.8. The Labute approximate surface area is 350 Å². The van der Waals surface area contributed by atoms with Crippen molar-refractivity contribution >= 4 is 53.0 Å². The molecular weight excluding hydrogens is 780 g/mol. The highest BCUT2D eigenvalue weighted by molar-refractivity contribution is 6.17. The minimum atomic E-state index is -2.32. The van der Waals surface area contributed by atoms with Crippen LogP contribution in [-0.2, 0) is 49.6 Å². The van der Waals surface area contributed by atoms with E-state index in [1.807, 2.05) is 30.3 Å². The summed E-state index contributed by atoms with van der Waals surface area (Å²) in [5.74, 6) is -10.6. The third-order valence-electron chi connectivity index (χ3n) is 10.6. The quantitative estimate of drug-likeness (QED) is 0.0365. The molecule has 1 heterocycles. The van der Waals surface area contributed by atoms with Crippen molar-refractivity contribution in [2.75, 3.05) is 19.7 Å². The molecule has 14 N–H and O–H groups in total. The summed E-state index contributed by atoms with van der Waals surface area (Å²) >= 11 is 0. The van der Waals surface area contributed by atoms with Crippen LogP contribution in [0.5, 0.6) is 0 Å². The first-order valence-corrected chi connectivity index (χ1v) is 20.2. The van der Waals surface area contributed by atoms with E-state index in [4.69, 9.17) is 28.7 Å². The molecule has 20 nitrogen and oxygen atoms in total. The van der Waals surface area contributed by atoms with Gasteiger partial charge >= 0.3 is 0 Å². The van der Waals surface area contributed by atoms with Crippen LogP contribution in [-0.4, -0.2) is 123 Å². The fraction of sp³-hybridized carbons (Fsp3) is 0.625. The van der Waals surface area contributed by atoms with Gasteiger partial charge in [-0.05, 0) is 62.5 Å². The minimum absolute atomic E-state index is 0.0639. The molecule has 2 rings (SSSR count). The second-order valence-corrected chi connectivity index (χ2v) is 15.8. The predicted octanol–water partition coefficient (Wildman–Crippen LogP) is -2.45. The zero-order valence-corrected chi connectivity index (χ0v) is 35.2. The maximum absolute atomic E-state index is 15.4. The number of carbonyl (C=O) groups is 9. The zero-order chi connectivity index (χ0) is 45.5. The van der Waals surface area contributed by atoms with Gasteiger partial charge in [-0.1, -0.05) is 65.0 Å². The molecule has 1 fully saturated rings. The number of aliphatic hydroxyl groups is 1. The number of aliphatic hydroxyl groups excluding tert-OH is 1. The van der Waals surface area contributed by atoms with Crippen molar-refractivity contribution in [2.45, 2.75) is 128 Å². The van der Waals surface area contributed by atoms with E-state index in [0.717, 1.165) is 10.5 Å². The normalized spacial score (nSPS) is 18.0. The first-order valence-electron chi connectivity index (χ1n) is 20.2. The lowest BCUT2D eigenvalue weighted by Crippen LogP contribution is -2.76. The van der Waals surface area contributed by atoms with E-state index in [9.17, 15) is 38.7 Å². The van der Waals surface area contributed by atoms with Gasteiger partial charge in [0.2, 0.25) is 29.5 Å². The highest BCUT2D eigenvalue weighted by Gasteiger charge is 2.58. The van der Waals surface area contributed by atoms with E-state index in [2.05, 4.69) is 16.0 Å². The van der Waals surface area contributed by atoms with Crippen molar-refractivity contribution in [3.8, 4) is 0 Å². The van der Waals surface area contributed by atoms with Gasteiger partial charge < -0.3 is 49.3 Å². The van der Waals surface area contributed by atoms with Crippen LogP contribution in [0.15, 0.2) is 30.3 Å². The molecule has 334 valence electrons. The van der Waals surface area contributed by atoms with Crippen LogP contribution in [0.4, 0.5) is 0 Å². The fourth-order valence-electron chi connectivity index (χ4n) is 7.17. The summed E-state index contributed by atoms with van der Waals surface area (Å²) in [6.45, 7) is 7.08. The summed E-state index contributed by atoms with van der Waals surface area (Å²) < 4.78 is 0. The number of nitrogens with one attached hydrogen (secondary N) is 3. The number of imide groups is 1. The number of ketones is 1. The Hall–Kier alpha value is -5.31. The Morgan fingerprint density at radius 1 is 0.933 bits per heavy atom. The van der Waals surface area contributed by atoms with Gasteiger partial charge in [0.1, 0.15) is 24.2 Å². The van der Waals surface area contributed by atoms with Crippen LogP contribution in [0, 0.1) is 11.8 Å². The molecule has 1 aromatic carbocycles. The van der Waals surface area contributed by atoms with Gasteiger partial charge in [0, 0.05) is 19.4 Å². The number of primary amides is 3. The number of aryl methyl sites for hydroxylation is 1. The number of nitrogens with two attached hydrogens (primary N) is 5. The lowest BCUT2D eigenvalue weighted by atomic mass is 9.81. The summed E-state index contributed by atoms with van der Waals surface area (Å²) in [6.07, 6.45) is -1.54. The number of hydrogen-bond acceptors (Lipinski definition) is 13. The lowest BCUT2D eigenvalue weighted by molar-refractivity contribution is -0.163. The molecule has 0 saturated carbocycles. The van der Waals surface area contributed by atoms with E-state index in [1.54, 1.807) is 34.6 Å². The summed E-state index contributed by atoms with van der Waals surface area (Å²) in [5.41, 5.74) is 25.7. The summed E-state index contributed by atoms with van der Waals surface area (Å²) in [6, 6.07) is 2.71. The minimum Gasteiger partial charge on any atom is -0.394 e. The van der Waals surface area contributed by atoms with Gasteiger partial charge in [-0.25, -0.2) is 0 Å². The lowest BCUT2D eigenvalue weighted by Gasteiger charge is -2.47. The van der Waals surface area contributed by atoms with Gasteiger partial charge in [-0.15, -0.1) is 0 Å². The van der Waals surface area contributed by atoms with Crippen LogP contribution in [0.1, 0.15) is 91.5 Å². The van der Waals surface area contributed by atoms with Crippen LogP contribution >= 0.6 is 0 Å². The first-order chi connectivity index (χ1) is 28.1. The Morgan fingerprint density at radius 2 is 1.57 bits per heavy atom. The summed E-state index contributed by atoms with van der Waals surface area (Å²) in [4.78, 5) is 125. The molecule has 1 aliphatic heterocycles. The highest BCUT2D eigenvalue weighted by Crippen LogP contribution is 2.33. The average molecular weight is 845 g/mol. The van der Waals surface area contributed by atoms with E-state index in [1.165, 1.54) is 0 Å². The average Bonchev–Trinajstić information content (AvgIpc) is 3.70. The van der Waals surface area contributed by atoms with Crippen molar-refractivity contribution in [1.82, 2.24) is 25.8 Å². The second kappa shape index (κ2) is 22.9. The van der Waals surface area contributed by atoms with Crippen molar-refractivity contribution < 1.29 is 48.3 Å². The molecular formula is C40H64N10O10. The molecule has 0 aromatic heterocycles. The zero-order valence-electron chi connectivity index (χ0n) is 35.2. The summed E-state index contributed by atoms with van der Waals surface area (Å²) in [5, 5.41) is 17.3. The van der Waals surface area contributed by atoms with Crippen LogP contribution < -0.4 is 44.6 Å². The van der Waals surface area contributed by atoms with Gasteiger partial charge in [0.05, 0.1) is 13.0 Å². The SMILES string of the molecule is CCCC(=O)N(C(=O)[C@H](CCC(N)=O)NC(=O)[C@@H](N)CO)[C@@H](CC(N)=O)C(=O)[C@@]1(C(=O)N(CCCc2ccccc2)[C@](N)(C(=O)N[C@H](C(N)=O)C(C)C)C(C)C)CCCN1. The molecule has 0 aliphatic carbocycles. The first kappa shape index (κ1) is 50.8. The molecule has 20 heteroatoms. The Morgan fingerprint density at radius 3 is 2.05 bits per heavy atom. The Kier molecular flexibility index (Phi) is 19.4. The fourth-order valence-corrected chi connectivity index (χ4v) is 7.17. The van der Waals surface area contributed by atoms with Gasteiger partial charge in [-0.2, -0.15) is 0 Å². The highest BCUT2D eigenvalue weighted by atomic mass is 16.3. The van der Waals surface area contributed by atoms with E-state index >= 15 is 9.59 Å². The number of hydrogen-bond donors (Lipinski definition) is 9. The number of nitrogens with zero attached hydrogens (tertiary/aromatic N) is 2. The maximum Gasteiger partial charge on any atom is 0.261 e. The molecule has 1 aliphatic rings. The van der Waals surface area contributed by atoms with E-state index < -0.39 is 126 Å². The molecule has 1 aromatic rings. The largest absolute Gasteiger partial charge is 0.394 e. The molecule has 0 spiro atoms. The van der Waals surface area contributed by atoms with Crippen LogP contribution in [0.2, 0.25) is 0 Å². The molecule has 0 radical (unpaired) electrons. The number of carbonyl (C=O) groups excluding carboxylic acids is 9. The molecule has 0 bridgehead atoms. The predicted molar refractivity (Wildman–Crippen MR) is 219 cm³/mol. The Balaban J connectivity index is 2.89. The Bertz CT molecular complexity index is 1720. The third-order valence-corrected chi connectivity index (χ3v) is 10.6.